The van der Waals surface area contributed by atoms with E-state index < -0.39 is 18.1 Å². The number of unbranched alkanes of at least 4 members (excludes halogenated alkanes) is 1. The lowest BCUT2D eigenvalue weighted by Gasteiger charge is -2.18. The molecule has 19 heavy (non-hydrogen) atoms. The third-order valence-corrected chi connectivity index (χ3v) is 3.02. The third-order valence-electron chi connectivity index (χ3n) is 3.02. The highest BCUT2D eigenvalue weighted by molar-refractivity contribution is 5.93. The van der Waals surface area contributed by atoms with E-state index in [1.807, 2.05) is 0 Å². The number of carbonyl (C=O) groups is 3. The van der Waals surface area contributed by atoms with Gasteiger partial charge in [0.05, 0.1) is 7.11 Å². The Bertz CT molecular complexity index is 368. The molecule has 106 valence electrons. The number of methoxy groups -OCH3 is 1. The Balaban J connectivity index is 2.50. The van der Waals surface area contributed by atoms with Crippen molar-refractivity contribution < 1.29 is 19.1 Å². The molecule has 1 rings (SSSR count). The van der Waals surface area contributed by atoms with Crippen LogP contribution < -0.4 is 10.6 Å². The van der Waals surface area contributed by atoms with Gasteiger partial charge in [-0.3, -0.25) is 9.59 Å². The summed E-state index contributed by atoms with van der Waals surface area (Å²) in [5.41, 5.74) is 0. The zero-order chi connectivity index (χ0) is 14.3. The number of carbonyl (C=O) groups excluding carboxylic acids is 3. The minimum absolute atomic E-state index is 0.138. The van der Waals surface area contributed by atoms with E-state index in [2.05, 4.69) is 21.9 Å². The molecule has 1 aliphatic heterocycles. The van der Waals surface area contributed by atoms with Gasteiger partial charge in [0, 0.05) is 6.42 Å². The first-order valence-corrected chi connectivity index (χ1v) is 6.37. The maximum atomic E-state index is 11.9. The van der Waals surface area contributed by atoms with Crippen molar-refractivity contribution in [3.63, 3.8) is 0 Å². The highest BCUT2D eigenvalue weighted by atomic mass is 16.5. The number of hydrogen-bond donors (Lipinski definition) is 2. The van der Waals surface area contributed by atoms with Gasteiger partial charge >= 0.3 is 5.97 Å². The molecule has 2 amide bonds. The van der Waals surface area contributed by atoms with Gasteiger partial charge in [0.2, 0.25) is 11.8 Å². The van der Waals surface area contributed by atoms with E-state index in [0.717, 1.165) is 12.8 Å². The van der Waals surface area contributed by atoms with Gasteiger partial charge in [-0.1, -0.05) is 6.08 Å². The third kappa shape index (κ3) is 4.73. The van der Waals surface area contributed by atoms with Crippen LogP contribution in [0.1, 0.15) is 32.1 Å². The molecule has 6 nitrogen and oxygen atoms in total. The van der Waals surface area contributed by atoms with Crippen LogP contribution in [0.25, 0.3) is 0 Å². The summed E-state index contributed by atoms with van der Waals surface area (Å²) >= 11 is 0. The van der Waals surface area contributed by atoms with Crippen molar-refractivity contribution in [3.8, 4) is 0 Å². The molecule has 0 saturated carbocycles. The van der Waals surface area contributed by atoms with E-state index in [1.54, 1.807) is 6.08 Å². The van der Waals surface area contributed by atoms with E-state index >= 15 is 0 Å². The molecular weight excluding hydrogens is 248 g/mol. The van der Waals surface area contributed by atoms with Crippen molar-refractivity contribution in [3.05, 3.63) is 12.7 Å². The highest BCUT2D eigenvalue weighted by Gasteiger charge is 2.30. The monoisotopic (exact) mass is 268 g/mol. The minimum Gasteiger partial charge on any atom is -0.467 e. The predicted octanol–water partition coefficient (Wildman–Crippen LogP) is 0.279. The van der Waals surface area contributed by atoms with E-state index in [4.69, 9.17) is 0 Å². The van der Waals surface area contributed by atoms with Gasteiger partial charge < -0.3 is 15.4 Å². The second-order valence-electron chi connectivity index (χ2n) is 4.46. The summed E-state index contributed by atoms with van der Waals surface area (Å²) in [7, 11) is 1.28. The largest absolute Gasteiger partial charge is 0.467 e. The van der Waals surface area contributed by atoms with Crippen molar-refractivity contribution in [2.75, 3.05) is 7.11 Å². The van der Waals surface area contributed by atoms with Crippen molar-refractivity contribution in [1.29, 1.82) is 0 Å². The maximum Gasteiger partial charge on any atom is 0.328 e. The number of amides is 2. The number of allylic oxidation sites excluding steroid dienone is 1. The van der Waals surface area contributed by atoms with Gasteiger partial charge in [-0.2, -0.15) is 0 Å². The Labute approximate surface area is 112 Å². The maximum absolute atomic E-state index is 11.9. The summed E-state index contributed by atoms with van der Waals surface area (Å²) < 4.78 is 4.66. The highest BCUT2D eigenvalue weighted by Crippen LogP contribution is 2.09. The Hall–Kier alpha value is -1.85. The van der Waals surface area contributed by atoms with E-state index in [9.17, 15) is 14.4 Å². The average Bonchev–Trinajstić information content (AvgIpc) is 2.83. The number of ether oxygens (including phenoxy) is 1. The second kappa shape index (κ2) is 7.56. The number of esters is 1. The van der Waals surface area contributed by atoms with Gasteiger partial charge in [-0.05, 0) is 25.7 Å². The summed E-state index contributed by atoms with van der Waals surface area (Å²) in [5, 5.41) is 5.19. The molecule has 0 spiro atoms. The summed E-state index contributed by atoms with van der Waals surface area (Å²) in [6, 6.07) is -1.21. The fourth-order valence-electron chi connectivity index (χ4n) is 1.94. The first kappa shape index (κ1) is 15.2. The molecule has 0 radical (unpaired) electrons. The first-order chi connectivity index (χ1) is 9.08. The van der Waals surface area contributed by atoms with E-state index in [1.165, 1.54) is 7.11 Å². The summed E-state index contributed by atoms with van der Waals surface area (Å²) in [6.07, 6.45) is 4.56. The van der Waals surface area contributed by atoms with Crippen molar-refractivity contribution in [2.45, 2.75) is 44.2 Å². The minimum atomic E-state index is -0.671. The van der Waals surface area contributed by atoms with Gasteiger partial charge in [-0.15, -0.1) is 6.58 Å². The summed E-state index contributed by atoms with van der Waals surface area (Å²) in [4.78, 5) is 34.5. The van der Waals surface area contributed by atoms with Crippen LogP contribution in [0.15, 0.2) is 12.7 Å². The number of hydrogen-bond acceptors (Lipinski definition) is 4. The molecule has 0 aromatic carbocycles. The topological polar surface area (TPSA) is 84.5 Å². The van der Waals surface area contributed by atoms with Crippen LogP contribution in [0.3, 0.4) is 0 Å². The van der Waals surface area contributed by atoms with Gasteiger partial charge in [0.25, 0.3) is 0 Å². The van der Waals surface area contributed by atoms with Gasteiger partial charge in [0.1, 0.15) is 12.1 Å². The summed E-state index contributed by atoms with van der Waals surface area (Å²) in [5.74, 6) is -0.942. The SMILES string of the molecule is C=CCCC[C@H](NC(=O)[C@H]1CCC(=O)N1)C(=O)OC. The molecule has 2 N–H and O–H groups in total. The zero-order valence-electron chi connectivity index (χ0n) is 11.1. The lowest BCUT2D eigenvalue weighted by molar-refractivity contribution is -0.145. The molecule has 2 atom stereocenters. The van der Waals surface area contributed by atoms with Crippen LogP contribution in [-0.4, -0.2) is 37.0 Å². The van der Waals surface area contributed by atoms with Gasteiger partial charge in [0.15, 0.2) is 0 Å². The molecule has 6 heteroatoms. The Morgan fingerprint density at radius 1 is 1.63 bits per heavy atom. The molecule has 0 unspecified atom stereocenters. The lowest BCUT2D eigenvalue weighted by atomic mass is 10.1. The quantitative estimate of drug-likeness (QED) is 0.394. The standard InChI is InChI=1S/C13H20N2O4/c1-3-4-5-6-10(13(18)19-2)15-12(17)9-7-8-11(16)14-9/h3,9-10H,1,4-8H2,2H3,(H,14,16)(H,15,17)/t9-,10+/m1/s1. The van der Waals surface area contributed by atoms with Crippen LogP contribution >= 0.6 is 0 Å². The van der Waals surface area contributed by atoms with Crippen LogP contribution in [0, 0.1) is 0 Å². The van der Waals surface area contributed by atoms with Crippen molar-refractivity contribution >= 4 is 17.8 Å². The smallest absolute Gasteiger partial charge is 0.328 e. The summed E-state index contributed by atoms with van der Waals surface area (Å²) in [6.45, 7) is 3.60. The fourth-order valence-corrected chi connectivity index (χ4v) is 1.94. The molecule has 0 aromatic rings. The first-order valence-electron chi connectivity index (χ1n) is 6.37. The Kier molecular flexibility index (Phi) is 6.05. The number of nitrogens with one attached hydrogen (secondary N) is 2. The Morgan fingerprint density at radius 3 is 2.89 bits per heavy atom. The lowest BCUT2D eigenvalue weighted by Crippen LogP contribution is -2.49. The molecule has 1 aliphatic rings. The van der Waals surface area contributed by atoms with E-state index in [-0.39, 0.29) is 11.8 Å². The van der Waals surface area contributed by atoms with Crippen LogP contribution in [-0.2, 0) is 19.1 Å². The van der Waals surface area contributed by atoms with Crippen molar-refractivity contribution in [1.82, 2.24) is 10.6 Å². The number of rotatable bonds is 7. The Morgan fingerprint density at radius 2 is 2.37 bits per heavy atom. The molecule has 1 saturated heterocycles. The normalized spacial score (nSPS) is 19.4. The predicted molar refractivity (Wildman–Crippen MR) is 69.2 cm³/mol. The average molecular weight is 268 g/mol. The van der Waals surface area contributed by atoms with Gasteiger partial charge in [-0.25, -0.2) is 4.79 Å². The molecule has 0 aliphatic carbocycles. The van der Waals surface area contributed by atoms with Crippen LogP contribution in [0.2, 0.25) is 0 Å². The molecule has 1 fully saturated rings. The fraction of sp³-hybridized carbons (Fsp3) is 0.615. The zero-order valence-corrected chi connectivity index (χ0v) is 11.1. The molecule has 0 aromatic heterocycles. The second-order valence-corrected chi connectivity index (χ2v) is 4.46. The van der Waals surface area contributed by atoms with Crippen LogP contribution in [0.4, 0.5) is 0 Å². The molecule has 1 heterocycles. The molecule has 0 bridgehead atoms. The molecular formula is C13H20N2O4. The van der Waals surface area contributed by atoms with Crippen molar-refractivity contribution in [2.24, 2.45) is 0 Å². The van der Waals surface area contributed by atoms with E-state index in [0.29, 0.717) is 19.3 Å². The van der Waals surface area contributed by atoms with Crippen LogP contribution in [0.5, 0.6) is 0 Å².